The SMILES string of the molecule is CCCOc1cc2cc(-c3c(C)nc(NCC4CC4)nc3N[C@@H]3C[C@H](CO)[C@@H](O)[C@H]3O)oc2cn1. The molecule has 2 saturated carbocycles. The Bertz CT molecular complexity index is 1180. The second-order valence-electron chi connectivity index (χ2n) is 9.61. The van der Waals surface area contributed by atoms with Gasteiger partial charge in [-0.1, -0.05) is 6.92 Å². The summed E-state index contributed by atoms with van der Waals surface area (Å²) >= 11 is 0. The second kappa shape index (κ2) is 9.96. The minimum atomic E-state index is -1.03. The predicted octanol–water partition coefficient (Wildman–Crippen LogP) is 2.72. The number of rotatable bonds is 10. The van der Waals surface area contributed by atoms with Crippen LogP contribution in [0.3, 0.4) is 0 Å². The van der Waals surface area contributed by atoms with Gasteiger partial charge in [-0.3, -0.25) is 0 Å². The molecule has 10 nitrogen and oxygen atoms in total. The van der Waals surface area contributed by atoms with Gasteiger partial charge in [-0.05, 0) is 44.6 Å². The molecule has 4 atom stereocenters. The van der Waals surface area contributed by atoms with Crippen molar-refractivity contribution < 1.29 is 24.5 Å². The van der Waals surface area contributed by atoms with Gasteiger partial charge in [0.25, 0.3) is 0 Å². The molecule has 3 aromatic rings. The van der Waals surface area contributed by atoms with E-state index in [0.717, 1.165) is 18.4 Å². The molecule has 2 aliphatic rings. The summed E-state index contributed by atoms with van der Waals surface area (Å²) < 4.78 is 11.8. The minimum Gasteiger partial charge on any atom is -0.478 e. The van der Waals surface area contributed by atoms with Crippen LogP contribution in [0, 0.1) is 18.8 Å². The van der Waals surface area contributed by atoms with Crippen molar-refractivity contribution in [2.24, 2.45) is 11.8 Å². The van der Waals surface area contributed by atoms with Crippen LogP contribution in [0.25, 0.3) is 22.3 Å². The number of nitrogens with one attached hydrogen (secondary N) is 2. The van der Waals surface area contributed by atoms with Crippen LogP contribution < -0.4 is 15.4 Å². The Hall–Kier alpha value is -2.95. The van der Waals surface area contributed by atoms with E-state index in [1.165, 1.54) is 12.8 Å². The van der Waals surface area contributed by atoms with Gasteiger partial charge in [-0.2, -0.15) is 4.98 Å². The van der Waals surface area contributed by atoms with Crippen LogP contribution in [0.1, 0.15) is 38.3 Å². The van der Waals surface area contributed by atoms with E-state index in [9.17, 15) is 15.3 Å². The molecule has 0 amide bonds. The first-order valence-electron chi connectivity index (χ1n) is 12.4. The molecule has 2 aliphatic carbocycles. The Morgan fingerprint density at radius 2 is 2.00 bits per heavy atom. The van der Waals surface area contributed by atoms with Crippen LogP contribution in [0.2, 0.25) is 0 Å². The quantitative estimate of drug-likeness (QED) is 0.292. The molecule has 5 N–H and O–H groups in total. The number of aliphatic hydroxyl groups is 3. The highest BCUT2D eigenvalue weighted by molar-refractivity contribution is 5.86. The Balaban J connectivity index is 1.50. The van der Waals surface area contributed by atoms with Gasteiger partial charge in [0.1, 0.15) is 17.7 Å². The lowest BCUT2D eigenvalue weighted by molar-refractivity contribution is 0.00446. The first-order chi connectivity index (χ1) is 17.0. The van der Waals surface area contributed by atoms with E-state index in [1.807, 2.05) is 26.0 Å². The van der Waals surface area contributed by atoms with Gasteiger partial charge >= 0.3 is 0 Å². The lowest BCUT2D eigenvalue weighted by atomic mass is 10.1. The van der Waals surface area contributed by atoms with Gasteiger partial charge in [-0.25, -0.2) is 9.97 Å². The van der Waals surface area contributed by atoms with E-state index < -0.39 is 24.2 Å². The zero-order valence-electron chi connectivity index (χ0n) is 20.1. The third-order valence-electron chi connectivity index (χ3n) is 6.77. The molecule has 0 bridgehead atoms. The lowest BCUT2D eigenvalue weighted by Crippen LogP contribution is -2.35. The van der Waals surface area contributed by atoms with Crippen molar-refractivity contribution >= 4 is 22.7 Å². The van der Waals surface area contributed by atoms with E-state index >= 15 is 0 Å². The lowest BCUT2D eigenvalue weighted by Gasteiger charge is -2.21. The monoisotopic (exact) mass is 483 g/mol. The molecule has 3 heterocycles. The largest absolute Gasteiger partial charge is 0.478 e. The van der Waals surface area contributed by atoms with Crippen molar-refractivity contribution in [3.63, 3.8) is 0 Å². The summed E-state index contributed by atoms with van der Waals surface area (Å²) in [4.78, 5) is 13.7. The number of hydrogen-bond donors (Lipinski definition) is 5. The van der Waals surface area contributed by atoms with E-state index in [2.05, 4.69) is 20.6 Å². The molecule has 188 valence electrons. The zero-order chi connectivity index (χ0) is 24.5. The molecule has 3 aromatic heterocycles. The van der Waals surface area contributed by atoms with E-state index in [1.54, 1.807) is 6.20 Å². The maximum Gasteiger partial charge on any atom is 0.224 e. The zero-order valence-corrected chi connectivity index (χ0v) is 20.1. The topological polar surface area (TPSA) is 146 Å². The van der Waals surface area contributed by atoms with Crippen molar-refractivity contribution in [3.05, 3.63) is 24.0 Å². The van der Waals surface area contributed by atoms with Crippen LogP contribution in [-0.2, 0) is 0 Å². The molecule has 0 spiro atoms. The summed E-state index contributed by atoms with van der Waals surface area (Å²) in [5.41, 5.74) is 1.99. The summed E-state index contributed by atoms with van der Waals surface area (Å²) in [6.07, 6.45) is 3.32. The Morgan fingerprint density at radius 3 is 2.71 bits per heavy atom. The van der Waals surface area contributed by atoms with Gasteiger partial charge in [0, 0.05) is 30.5 Å². The number of hydrogen-bond acceptors (Lipinski definition) is 10. The van der Waals surface area contributed by atoms with E-state index in [0.29, 0.717) is 59.2 Å². The molecule has 0 saturated heterocycles. The smallest absolute Gasteiger partial charge is 0.224 e. The van der Waals surface area contributed by atoms with Gasteiger partial charge in [0.05, 0.1) is 36.2 Å². The molecule has 10 heteroatoms. The number of pyridine rings is 1. The first-order valence-corrected chi connectivity index (χ1v) is 12.4. The summed E-state index contributed by atoms with van der Waals surface area (Å²) in [6, 6.07) is 3.27. The highest BCUT2D eigenvalue weighted by atomic mass is 16.5. The summed E-state index contributed by atoms with van der Waals surface area (Å²) in [6.45, 7) is 5.13. The number of anilines is 2. The fourth-order valence-corrected chi connectivity index (χ4v) is 4.57. The van der Waals surface area contributed by atoms with Crippen LogP contribution in [-0.4, -0.2) is 68.3 Å². The minimum absolute atomic E-state index is 0.195. The van der Waals surface area contributed by atoms with Crippen LogP contribution in [0.4, 0.5) is 11.8 Å². The third kappa shape index (κ3) is 5.05. The molecule has 0 aliphatic heterocycles. The van der Waals surface area contributed by atoms with Crippen molar-refractivity contribution in [1.82, 2.24) is 15.0 Å². The highest BCUT2D eigenvalue weighted by Gasteiger charge is 2.41. The van der Waals surface area contributed by atoms with Crippen LogP contribution >= 0.6 is 0 Å². The second-order valence-corrected chi connectivity index (χ2v) is 9.61. The van der Waals surface area contributed by atoms with Crippen molar-refractivity contribution in [3.8, 4) is 17.2 Å². The Kier molecular flexibility index (Phi) is 6.77. The average molecular weight is 484 g/mol. The molecule has 5 rings (SSSR count). The van der Waals surface area contributed by atoms with Gasteiger partial charge < -0.3 is 35.1 Å². The molecule has 0 unspecified atom stereocenters. The Labute approximate surface area is 203 Å². The standard InChI is InChI=1S/C25H33N5O5/c1-3-6-34-20-9-15-8-18(35-19(15)11-26-20)21-13(2)28-25(27-10-14-4-5-14)30-24(21)29-17-7-16(12-31)22(32)23(17)33/h8-9,11,14,16-17,22-23,31-33H,3-7,10,12H2,1-2H3,(H2,27,28,29,30)/t16-,17-,22-,23+/m1/s1. The number of ether oxygens (including phenoxy) is 1. The maximum atomic E-state index is 10.6. The first kappa shape index (κ1) is 23.8. The fourth-order valence-electron chi connectivity index (χ4n) is 4.57. The average Bonchev–Trinajstić information content (AvgIpc) is 3.53. The van der Waals surface area contributed by atoms with Gasteiger partial charge in [-0.15, -0.1) is 0 Å². The number of fused-ring (bicyclic) bond motifs is 1. The number of aliphatic hydroxyl groups excluding tert-OH is 3. The number of aromatic nitrogens is 3. The maximum absolute atomic E-state index is 10.6. The molecule has 35 heavy (non-hydrogen) atoms. The van der Waals surface area contributed by atoms with Gasteiger partial charge in [0.2, 0.25) is 11.8 Å². The normalized spacial score (nSPS) is 24.1. The van der Waals surface area contributed by atoms with Crippen molar-refractivity contribution in [2.45, 2.75) is 57.8 Å². The molecular formula is C25H33N5O5. The number of nitrogens with zero attached hydrogens (tertiary/aromatic N) is 3. The van der Waals surface area contributed by atoms with Gasteiger partial charge in [0.15, 0.2) is 5.58 Å². The number of aryl methyl sites for hydroxylation is 1. The Morgan fingerprint density at radius 1 is 1.17 bits per heavy atom. The van der Waals surface area contributed by atoms with Crippen LogP contribution in [0.15, 0.2) is 22.7 Å². The van der Waals surface area contributed by atoms with Crippen LogP contribution in [0.5, 0.6) is 5.88 Å². The fraction of sp³-hybridized carbons (Fsp3) is 0.560. The predicted molar refractivity (Wildman–Crippen MR) is 131 cm³/mol. The van der Waals surface area contributed by atoms with Crippen molar-refractivity contribution in [2.75, 3.05) is 30.4 Å². The summed E-state index contributed by atoms with van der Waals surface area (Å²) in [5.74, 6) is 2.35. The third-order valence-corrected chi connectivity index (χ3v) is 6.77. The van der Waals surface area contributed by atoms with E-state index in [-0.39, 0.29) is 6.61 Å². The number of furan rings is 1. The van der Waals surface area contributed by atoms with Crippen molar-refractivity contribution in [1.29, 1.82) is 0 Å². The molecule has 0 aromatic carbocycles. The summed E-state index contributed by atoms with van der Waals surface area (Å²) in [7, 11) is 0. The molecular weight excluding hydrogens is 450 g/mol. The van der Waals surface area contributed by atoms with E-state index in [4.69, 9.17) is 14.1 Å². The highest BCUT2D eigenvalue weighted by Crippen LogP contribution is 2.37. The summed E-state index contributed by atoms with van der Waals surface area (Å²) in [5, 5.41) is 37.9. The molecule has 0 radical (unpaired) electrons. The molecule has 2 fully saturated rings.